The number of hydrogen-bond donors (Lipinski definition) is 2. The molecule has 0 aliphatic heterocycles. The fourth-order valence-electron chi connectivity index (χ4n) is 2.23. The molecule has 2 rings (SSSR count). The first-order valence-corrected chi connectivity index (χ1v) is 6.72. The molecule has 0 aliphatic carbocycles. The molecule has 3 N–H and O–H groups in total. The highest BCUT2D eigenvalue weighted by Crippen LogP contribution is 2.31. The third-order valence-electron chi connectivity index (χ3n) is 3.21. The van der Waals surface area contributed by atoms with Crippen molar-refractivity contribution in [1.82, 2.24) is 5.43 Å². The van der Waals surface area contributed by atoms with E-state index in [-0.39, 0.29) is 11.8 Å². The van der Waals surface area contributed by atoms with E-state index in [2.05, 4.69) is 5.43 Å². The molecule has 0 fully saturated rings. The zero-order valence-corrected chi connectivity index (χ0v) is 12.1. The minimum absolute atomic E-state index is 0.201. The third-order valence-corrected chi connectivity index (χ3v) is 3.21. The van der Waals surface area contributed by atoms with Crippen molar-refractivity contribution in [3.05, 3.63) is 59.4 Å². The molecule has 0 spiro atoms. The highest BCUT2D eigenvalue weighted by Gasteiger charge is 2.18. The number of hydrazine groups is 1. The normalized spacial score (nSPS) is 12.0. The number of nitrogens with one attached hydrogen (secondary N) is 1. The van der Waals surface area contributed by atoms with Gasteiger partial charge in [-0.1, -0.05) is 24.3 Å². The molecular formula is C16H19FN2O2. The van der Waals surface area contributed by atoms with Gasteiger partial charge in [0, 0.05) is 5.56 Å². The van der Waals surface area contributed by atoms with E-state index in [1.165, 1.54) is 13.2 Å². The van der Waals surface area contributed by atoms with Gasteiger partial charge in [0.25, 0.3) is 0 Å². The number of nitrogens with two attached hydrogens (primary N) is 1. The second kappa shape index (κ2) is 7.06. The highest BCUT2D eigenvalue weighted by molar-refractivity contribution is 5.43. The fourth-order valence-corrected chi connectivity index (χ4v) is 2.23. The maximum atomic E-state index is 13.9. The summed E-state index contributed by atoms with van der Waals surface area (Å²) >= 11 is 0. The number of para-hydroxylation sites is 1. The molecule has 21 heavy (non-hydrogen) atoms. The van der Waals surface area contributed by atoms with Gasteiger partial charge in [0.2, 0.25) is 0 Å². The van der Waals surface area contributed by atoms with Gasteiger partial charge in [0.1, 0.15) is 5.75 Å². The van der Waals surface area contributed by atoms with Crippen LogP contribution in [0.25, 0.3) is 0 Å². The van der Waals surface area contributed by atoms with Gasteiger partial charge in [0.15, 0.2) is 11.6 Å². The van der Waals surface area contributed by atoms with Gasteiger partial charge in [-0.05, 0) is 30.7 Å². The van der Waals surface area contributed by atoms with Crippen LogP contribution < -0.4 is 20.7 Å². The van der Waals surface area contributed by atoms with E-state index >= 15 is 0 Å². The summed E-state index contributed by atoms with van der Waals surface area (Å²) in [6, 6.07) is 11.9. The smallest absolute Gasteiger partial charge is 0.165 e. The van der Waals surface area contributed by atoms with E-state index in [1.807, 2.05) is 31.2 Å². The average molecular weight is 290 g/mol. The lowest BCUT2D eigenvalue weighted by molar-refractivity contribution is 0.333. The predicted molar refractivity (Wildman–Crippen MR) is 79.7 cm³/mol. The van der Waals surface area contributed by atoms with E-state index in [9.17, 15) is 4.39 Å². The number of rotatable bonds is 6. The summed E-state index contributed by atoms with van der Waals surface area (Å²) in [5.41, 5.74) is 4.26. The SMILES string of the molecule is CCOc1ccccc1C(NN)c1ccc(OC)c(F)c1. The summed E-state index contributed by atoms with van der Waals surface area (Å²) in [6.45, 7) is 2.46. The van der Waals surface area contributed by atoms with Crippen LogP contribution in [0.4, 0.5) is 4.39 Å². The Kier molecular flexibility index (Phi) is 5.14. The van der Waals surface area contributed by atoms with Crippen LogP contribution >= 0.6 is 0 Å². The molecule has 2 aromatic carbocycles. The van der Waals surface area contributed by atoms with Crippen molar-refractivity contribution < 1.29 is 13.9 Å². The zero-order valence-electron chi connectivity index (χ0n) is 12.1. The number of ether oxygens (including phenoxy) is 2. The predicted octanol–water partition coefficient (Wildman–Crippen LogP) is 2.79. The third kappa shape index (κ3) is 3.32. The highest BCUT2D eigenvalue weighted by atomic mass is 19.1. The lowest BCUT2D eigenvalue weighted by Crippen LogP contribution is -2.29. The molecule has 0 aromatic heterocycles. The lowest BCUT2D eigenvalue weighted by Gasteiger charge is -2.20. The topological polar surface area (TPSA) is 56.5 Å². The monoisotopic (exact) mass is 290 g/mol. The average Bonchev–Trinajstić information content (AvgIpc) is 2.50. The van der Waals surface area contributed by atoms with Crippen LogP contribution in [-0.2, 0) is 0 Å². The van der Waals surface area contributed by atoms with E-state index in [0.717, 1.165) is 11.3 Å². The number of halogens is 1. The quantitative estimate of drug-likeness (QED) is 0.634. The Morgan fingerprint density at radius 3 is 2.57 bits per heavy atom. The second-order valence-electron chi connectivity index (χ2n) is 4.46. The Morgan fingerprint density at radius 2 is 1.95 bits per heavy atom. The summed E-state index contributed by atoms with van der Waals surface area (Å²) in [7, 11) is 1.43. The summed E-state index contributed by atoms with van der Waals surface area (Å²) in [6.07, 6.45) is 0. The van der Waals surface area contributed by atoms with Crippen molar-refractivity contribution in [3.63, 3.8) is 0 Å². The largest absolute Gasteiger partial charge is 0.494 e. The molecule has 112 valence electrons. The number of methoxy groups -OCH3 is 1. The lowest BCUT2D eigenvalue weighted by atomic mass is 9.98. The van der Waals surface area contributed by atoms with Gasteiger partial charge < -0.3 is 9.47 Å². The van der Waals surface area contributed by atoms with Gasteiger partial charge in [-0.2, -0.15) is 0 Å². The van der Waals surface area contributed by atoms with E-state index in [1.54, 1.807) is 12.1 Å². The van der Waals surface area contributed by atoms with Crippen LogP contribution in [0, 0.1) is 5.82 Å². The first-order chi connectivity index (χ1) is 10.2. The standard InChI is InChI=1S/C16H19FN2O2/c1-3-21-14-7-5-4-6-12(14)16(19-18)11-8-9-15(20-2)13(17)10-11/h4-10,16,19H,3,18H2,1-2H3. The minimum atomic E-state index is -0.427. The molecule has 4 nitrogen and oxygen atoms in total. The Balaban J connectivity index is 2.42. The Labute approximate surface area is 123 Å². The Bertz CT molecular complexity index is 605. The van der Waals surface area contributed by atoms with Crippen LogP contribution in [-0.4, -0.2) is 13.7 Å². The first-order valence-electron chi connectivity index (χ1n) is 6.72. The van der Waals surface area contributed by atoms with Crippen LogP contribution in [0.15, 0.2) is 42.5 Å². The maximum absolute atomic E-state index is 13.9. The molecule has 0 heterocycles. The summed E-state index contributed by atoms with van der Waals surface area (Å²) in [5.74, 6) is 6.16. The summed E-state index contributed by atoms with van der Waals surface area (Å²) < 4.78 is 24.4. The summed E-state index contributed by atoms with van der Waals surface area (Å²) in [4.78, 5) is 0. The first kappa shape index (κ1) is 15.3. The molecule has 0 radical (unpaired) electrons. The van der Waals surface area contributed by atoms with Crippen molar-refractivity contribution in [2.24, 2.45) is 5.84 Å². The molecule has 0 aliphatic rings. The van der Waals surface area contributed by atoms with Crippen molar-refractivity contribution in [2.45, 2.75) is 13.0 Å². The van der Waals surface area contributed by atoms with Crippen LogP contribution in [0.5, 0.6) is 11.5 Å². The van der Waals surface area contributed by atoms with E-state index in [0.29, 0.717) is 12.2 Å². The maximum Gasteiger partial charge on any atom is 0.165 e. The molecule has 1 unspecified atom stereocenters. The molecule has 0 saturated carbocycles. The van der Waals surface area contributed by atoms with Gasteiger partial charge in [-0.3, -0.25) is 5.84 Å². The van der Waals surface area contributed by atoms with Gasteiger partial charge in [0.05, 0.1) is 19.8 Å². The van der Waals surface area contributed by atoms with Gasteiger partial charge in [-0.25, -0.2) is 9.82 Å². The van der Waals surface area contributed by atoms with Crippen molar-refractivity contribution in [1.29, 1.82) is 0 Å². The van der Waals surface area contributed by atoms with E-state index in [4.69, 9.17) is 15.3 Å². The fraction of sp³-hybridized carbons (Fsp3) is 0.250. The van der Waals surface area contributed by atoms with Crippen LogP contribution in [0.2, 0.25) is 0 Å². The van der Waals surface area contributed by atoms with Crippen LogP contribution in [0.1, 0.15) is 24.1 Å². The van der Waals surface area contributed by atoms with Crippen molar-refractivity contribution in [3.8, 4) is 11.5 Å². The minimum Gasteiger partial charge on any atom is -0.494 e. The summed E-state index contributed by atoms with van der Waals surface area (Å²) in [5, 5.41) is 0. The number of benzene rings is 2. The molecular weight excluding hydrogens is 271 g/mol. The molecule has 0 amide bonds. The Morgan fingerprint density at radius 1 is 1.19 bits per heavy atom. The zero-order chi connectivity index (χ0) is 15.2. The number of hydrogen-bond acceptors (Lipinski definition) is 4. The Hall–Kier alpha value is -2.11. The van der Waals surface area contributed by atoms with Gasteiger partial charge in [-0.15, -0.1) is 0 Å². The van der Waals surface area contributed by atoms with Crippen molar-refractivity contribution >= 4 is 0 Å². The molecule has 0 saturated heterocycles. The molecule has 5 heteroatoms. The van der Waals surface area contributed by atoms with Crippen molar-refractivity contribution in [2.75, 3.05) is 13.7 Å². The van der Waals surface area contributed by atoms with Gasteiger partial charge >= 0.3 is 0 Å². The van der Waals surface area contributed by atoms with E-state index < -0.39 is 5.82 Å². The molecule has 0 bridgehead atoms. The van der Waals surface area contributed by atoms with Crippen LogP contribution in [0.3, 0.4) is 0 Å². The second-order valence-corrected chi connectivity index (χ2v) is 4.46. The molecule has 2 aromatic rings. The molecule has 1 atom stereocenters.